The van der Waals surface area contributed by atoms with Crippen LogP contribution in [0.4, 0.5) is 5.82 Å². The Morgan fingerprint density at radius 3 is 2.83 bits per heavy atom. The fourth-order valence-electron chi connectivity index (χ4n) is 2.26. The second-order valence-electron chi connectivity index (χ2n) is 5.14. The molecule has 4 nitrogen and oxygen atoms in total. The summed E-state index contributed by atoms with van der Waals surface area (Å²) in [5.74, 6) is 1.96. The summed E-state index contributed by atoms with van der Waals surface area (Å²) in [6.45, 7) is 6.04. The monoisotopic (exact) mass is 248 g/mol. The lowest BCUT2D eigenvalue weighted by atomic mass is 9.92. The molecule has 0 unspecified atom stereocenters. The zero-order valence-corrected chi connectivity index (χ0v) is 11.7. The highest BCUT2D eigenvalue weighted by molar-refractivity contribution is 5.46. The van der Waals surface area contributed by atoms with Crippen molar-refractivity contribution in [2.75, 3.05) is 18.5 Å². The van der Waals surface area contributed by atoms with Crippen LogP contribution in [0.25, 0.3) is 0 Å². The van der Waals surface area contributed by atoms with E-state index in [0.29, 0.717) is 6.04 Å². The van der Waals surface area contributed by atoms with Gasteiger partial charge in [-0.05, 0) is 39.2 Å². The third kappa shape index (κ3) is 2.99. The van der Waals surface area contributed by atoms with Gasteiger partial charge < -0.3 is 10.2 Å². The number of nitrogens with zero attached hydrogens (tertiary/aromatic N) is 3. The standard InChI is InChI=1S/C14H24N4/c1-4-8-15-9-12-10-16-11(2)17-14(12)18(3)13-6-5-7-13/h10,13,15H,4-9H2,1-3H3. The third-order valence-corrected chi connectivity index (χ3v) is 3.66. The van der Waals surface area contributed by atoms with Crippen molar-refractivity contribution in [1.82, 2.24) is 15.3 Å². The van der Waals surface area contributed by atoms with Crippen LogP contribution in [0.2, 0.25) is 0 Å². The largest absolute Gasteiger partial charge is 0.356 e. The summed E-state index contributed by atoms with van der Waals surface area (Å²) in [7, 11) is 2.16. The van der Waals surface area contributed by atoms with Crippen molar-refractivity contribution in [3.8, 4) is 0 Å². The maximum Gasteiger partial charge on any atom is 0.136 e. The van der Waals surface area contributed by atoms with Crippen LogP contribution in [0.3, 0.4) is 0 Å². The van der Waals surface area contributed by atoms with Gasteiger partial charge in [0.05, 0.1) is 0 Å². The summed E-state index contributed by atoms with van der Waals surface area (Å²) in [4.78, 5) is 11.3. The van der Waals surface area contributed by atoms with Crippen molar-refractivity contribution in [1.29, 1.82) is 0 Å². The van der Waals surface area contributed by atoms with Gasteiger partial charge in [0.25, 0.3) is 0 Å². The Bertz CT molecular complexity index is 387. The van der Waals surface area contributed by atoms with Crippen LogP contribution < -0.4 is 10.2 Å². The lowest BCUT2D eigenvalue weighted by molar-refractivity contribution is 0.398. The molecule has 0 spiro atoms. The van der Waals surface area contributed by atoms with Crippen LogP contribution in [0, 0.1) is 6.92 Å². The zero-order valence-electron chi connectivity index (χ0n) is 11.7. The first-order chi connectivity index (χ1) is 8.72. The predicted molar refractivity (Wildman–Crippen MR) is 74.8 cm³/mol. The van der Waals surface area contributed by atoms with E-state index >= 15 is 0 Å². The third-order valence-electron chi connectivity index (χ3n) is 3.66. The first-order valence-corrected chi connectivity index (χ1v) is 6.98. The number of aromatic nitrogens is 2. The lowest BCUT2D eigenvalue weighted by Crippen LogP contribution is -2.38. The Balaban J connectivity index is 2.11. The van der Waals surface area contributed by atoms with Gasteiger partial charge in [0.1, 0.15) is 11.6 Å². The molecule has 0 amide bonds. The van der Waals surface area contributed by atoms with Gasteiger partial charge in [0.15, 0.2) is 0 Å². The fourth-order valence-corrected chi connectivity index (χ4v) is 2.26. The quantitative estimate of drug-likeness (QED) is 0.784. The van der Waals surface area contributed by atoms with E-state index in [9.17, 15) is 0 Å². The SMILES string of the molecule is CCCNCc1cnc(C)nc1N(C)C1CCC1. The molecule has 4 heteroatoms. The molecule has 18 heavy (non-hydrogen) atoms. The Hall–Kier alpha value is -1.16. The smallest absolute Gasteiger partial charge is 0.136 e. The highest BCUT2D eigenvalue weighted by Gasteiger charge is 2.24. The van der Waals surface area contributed by atoms with E-state index < -0.39 is 0 Å². The molecule has 1 aromatic rings. The summed E-state index contributed by atoms with van der Waals surface area (Å²) in [5.41, 5.74) is 1.21. The summed E-state index contributed by atoms with van der Waals surface area (Å²) in [6.07, 6.45) is 7.06. The molecule has 0 atom stereocenters. The molecule has 1 heterocycles. The van der Waals surface area contributed by atoms with Crippen LogP contribution >= 0.6 is 0 Å². The first kappa shape index (κ1) is 13.3. The molecule has 0 bridgehead atoms. The highest BCUT2D eigenvalue weighted by Crippen LogP contribution is 2.28. The molecular weight excluding hydrogens is 224 g/mol. The fraction of sp³-hybridized carbons (Fsp3) is 0.714. The minimum Gasteiger partial charge on any atom is -0.356 e. The normalized spacial score (nSPS) is 15.5. The van der Waals surface area contributed by atoms with Crippen molar-refractivity contribution >= 4 is 5.82 Å². The van der Waals surface area contributed by atoms with Gasteiger partial charge in [-0.3, -0.25) is 0 Å². The molecule has 100 valence electrons. The topological polar surface area (TPSA) is 41.1 Å². The molecule has 0 saturated heterocycles. The second kappa shape index (κ2) is 6.14. The molecule has 2 rings (SSSR count). The number of hydrogen-bond acceptors (Lipinski definition) is 4. The molecule has 1 aliphatic rings. The van der Waals surface area contributed by atoms with E-state index in [1.807, 2.05) is 13.1 Å². The van der Waals surface area contributed by atoms with Crippen molar-refractivity contribution in [3.63, 3.8) is 0 Å². The second-order valence-corrected chi connectivity index (χ2v) is 5.14. The maximum atomic E-state index is 4.63. The number of hydrogen-bond donors (Lipinski definition) is 1. The number of rotatable bonds is 6. The molecule has 1 aliphatic carbocycles. The van der Waals surface area contributed by atoms with Crippen LogP contribution in [0.15, 0.2) is 6.20 Å². The minimum atomic E-state index is 0.671. The summed E-state index contributed by atoms with van der Waals surface area (Å²) in [5, 5.41) is 3.43. The maximum absolute atomic E-state index is 4.63. The summed E-state index contributed by atoms with van der Waals surface area (Å²) in [6, 6.07) is 0.671. The Morgan fingerprint density at radius 2 is 2.22 bits per heavy atom. The van der Waals surface area contributed by atoms with Crippen LogP contribution in [-0.2, 0) is 6.54 Å². The average molecular weight is 248 g/mol. The van der Waals surface area contributed by atoms with Gasteiger partial charge in [0, 0.05) is 31.4 Å². The van der Waals surface area contributed by atoms with Crippen molar-refractivity contribution < 1.29 is 0 Å². The molecule has 1 saturated carbocycles. The highest BCUT2D eigenvalue weighted by atomic mass is 15.2. The Labute approximate surface area is 110 Å². The molecule has 0 aliphatic heterocycles. The lowest BCUT2D eigenvalue weighted by Gasteiger charge is -2.36. The van der Waals surface area contributed by atoms with E-state index in [4.69, 9.17) is 0 Å². The first-order valence-electron chi connectivity index (χ1n) is 6.98. The van der Waals surface area contributed by atoms with E-state index in [0.717, 1.165) is 31.2 Å². The number of nitrogens with one attached hydrogen (secondary N) is 1. The molecule has 1 N–H and O–H groups in total. The van der Waals surface area contributed by atoms with E-state index in [-0.39, 0.29) is 0 Å². The van der Waals surface area contributed by atoms with Crippen LogP contribution in [0.1, 0.15) is 44.0 Å². The van der Waals surface area contributed by atoms with Crippen molar-refractivity contribution in [2.45, 2.75) is 52.1 Å². The Kier molecular flexibility index (Phi) is 4.53. The van der Waals surface area contributed by atoms with Gasteiger partial charge in [-0.25, -0.2) is 9.97 Å². The molecular formula is C14H24N4. The number of anilines is 1. The van der Waals surface area contributed by atoms with E-state index in [1.165, 1.54) is 24.8 Å². The molecule has 1 aromatic heterocycles. The van der Waals surface area contributed by atoms with Gasteiger partial charge in [0.2, 0.25) is 0 Å². The number of aryl methyl sites for hydroxylation is 1. The summed E-state index contributed by atoms with van der Waals surface area (Å²) >= 11 is 0. The molecule has 0 radical (unpaired) electrons. The van der Waals surface area contributed by atoms with Crippen molar-refractivity contribution in [2.24, 2.45) is 0 Å². The van der Waals surface area contributed by atoms with Gasteiger partial charge in [-0.2, -0.15) is 0 Å². The summed E-state index contributed by atoms with van der Waals surface area (Å²) < 4.78 is 0. The molecule has 0 aromatic carbocycles. The molecule has 1 fully saturated rings. The Morgan fingerprint density at radius 1 is 1.44 bits per heavy atom. The van der Waals surface area contributed by atoms with E-state index in [2.05, 4.69) is 34.2 Å². The average Bonchev–Trinajstić information content (AvgIpc) is 2.29. The van der Waals surface area contributed by atoms with Crippen LogP contribution in [0.5, 0.6) is 0 Å². The van der Waals surface area contributed by atoms with E-state index in [1.54, 1.807) is 0 Å². The minimum absolute atomic E-state index is 0.671. The van der Waals surface area contributed by atoms with Gasteiger partial charge in [-0.1, -0.05) is 6.92 Å². The van der Waals surface area contributed by atoms with Gasteiger partial charge in [-0.15, -0.1) is 0 Å². The van der Waals surface area contributed by atoms with Crippen molar-refractivity contribution in [3.05, 3.63) is 17.6 Å². The van der Waals surface area contributed by atoms with Crippen LogP contribution in [-0.4, -0.2) is 29.6 Å². The van der Waals surface area contributed by atoms with Gasteiger partial charge >= 0.3 is 0 Å². The zero-order chi connectivity index (χ0) is 13.0. The predicted octanol–water partition coefficient (Wildman–Crippen LogP) is 2.27.